The van der Waals surface area contributed by atoms with Crippen molar-refractivity contribution in [2.24, 2.45) is 0 Å². The zero-order valence-electron chi connectivity index (χ0n) is 21.0. The van der Waals surface area contributed by atoms with Gasteiger partial charge in [-0.05, 0) is 35.3 Å². The van der Waals surface area contributed by atoms with E-state index in [1.165, 1.54) is 21.8 Å². The first kappa shape index (κ1) is 30.7. The van der Waals surface area contributed by atoms with Crippen LogP contribution in [0.4, 0.5) is 17.6 Å². The van der Waals surface area contributed by atoms with Crippen molar-refractivity contribution in [1.29, 1.82) is 0 Å². The van der Waals surface area contributed by atoms with Gasteiger partial charge < -0.3 is 11.4 Å². The molecule has 0 N–H and O–H groups in total. The van der Waals surface area contributed by atoms with Gasteiger partial charge in [-0.3, -0.25) is 32.8 Å². The van der Waals surface area contributed by atoms with Crippen LogP contribution in [-0.2, 0) is 20.1 Å². The molecule has 3 aromatic heterocycles. The summed E-state index contributed by atoms with van der Waals surface area (Å²) in [5, 5.41) is 7.79. The van der Waals surface area contributed by atoms with E-state index < -0.39 is 23.3 Å². The summed E-state index contributed by atoms with van der Waals surface area (Å²) in [7, 11) is 0. The van der Waals surface area contributed by atoms with Gasteiger partial charge in [0.15, 0.2) is 0 Å². The SMILES string of the molecule is Fc1c[c-]c(-c2ccccn2)c(F)c1.Fc1cc(F)c(-n2cccn2)[c-]c1-n1cccn1.[C-]#Cc1ccccc1.[Ir+3]. The van der Waals surface area contributed by atoms with Gasteiger partial charge in [0.2, 0.25) is 0 Å². The van der Waals surface area contributed by atoms with Crippen LogP contribution in [0.25, 0.3) is 22.6 Å². The molecule has 0 radical (unpaired) electrons. The molecule has 10 heteroatoms. The van der Waals surface area contributed by atoms with E-state index in [0.29, 0.717) is 5.69 Å². The summed E-state index contributed by atoms with van der Waals surface area (Å²) in [4.78, 5) is 3.95. The first-order chi connectivity index (χ1) is 19.5. The van der Waals surface area contributed by atoms with Crippen molar-refractivity contribution in [3.8, 4) is 28.6 Å². The summed E-state index contributed by atoms with van der Waals surface area (Å²) in [6.07, 6.45) is 14.4. The smallest absolute Gasteiger partial charge is 0.366 e. The van der Waals surface area contributed by atoms with E-state index in [-0.39, 0.29) is 37.0 Å². The normalized spacial score (nSPS) is 9.73. The van der Waals surface area contributed by atoms with Gasteiger partial charge in [0.05, 0.1) is 0 Å². The van der Waals surface area contributed by atoms with Gasteiger partial charge in [-0.25, -0.2) is 0 Å². The van der Waals surface area contributed by atoms with Crippen molar-refractivity contribution < 1.29 is 37.7 Å². The fourth-order valence-corrected chi connectivity index (χ4v) is 3.29. The monoisotopic (exact) mass is 729 g/mol. The van der Waals surface area contributed by atoms with Crippen LogP contribution in [0.2, 0.25) is 0 Å². The second-order valence-electron chi connectivity index (χ2n) is 7.81. The minimum atomic E-state index is -0.730. The molecule has 3 heterocycles. The Morgan fingerprint density at radius 1 is 0.707 bits per heavy atom. The molecule has 204 valence electrons. The molecular formula is C31H18F4IrN5. The second kappa shape index (κ2) is 15.1. The molecule has 0 saturated carbocycles. The van der Waals surface area contributed by atoms with Gasteiger partial charge in [0, 0.05) is 54.3 Å². The van der Waals surface area contributed by atoms with Crippen LogP contribution in [0.3, 0.4) is 0 Å². The number of hydrogen-bond acceptors (Lipinski definition) is 3. The fraction of sp³-hybridized carbons (Fsp3) is 0. The van der Waals surface area contributed by atoms with Crippen LogP contribution in [-0.4, -0.2) is 24.5 Å². The number of nitrogens with zero attached hydrogens (tertiary/aromatic N) is 5. The number of benzene rings is 3. The summed E-state index contributed by atoms with van der Waals surface area (Å²) in [6.45, 7) is 0. The quantitative estimate of drug-likeness (QED) is 0.118. The predicted molar refractivity (Wildman–Crippen MR) is 141 cm³/mol. The minimum Gasteiger partial charge on any atom is -0.366 e. The van der Waals surface area contributed by atoms with Gasteiger partial charge in [-0.2, -0.15) is 10.2 Å². The van der Waals surface area contributed by atoms with Crippen molar-refractivity contribution in [3.05, 3.63) is 157 Å². The first-order valence-electron chi connectivity index (χ1n) is 11.6. The number of aromatic nitrogens is 5. The molecule has 0 aliphatic rings. The summed E-state index contributed by atoms with van der Waals surface area (Å²) < 4.78 is 55.7. The standard InChI is InChI=1S/C12H7F2N4.C11H6F2N.C8H5.Ir/c13-9-7-10(14)12(18-6-2-4-16-18)8-11(9)17-5-1-3-15-17;12-8-4-5-9(10(13)7-8)11-3-1-2-6-14-11;1-2-8-6-4-3-5-7-8;/h1-7H;1-4,6-7H;3-7H;/q3*-1;+3. The molecule has 0 fully saturated rings. The number of hydrogen-bond donors (Lipinski definition) is 0. The molecule has 0 aliphatic heterocycles. The molecule has 0 unspecified atom stereocenters. The average Bonchev–Trinajstić information content (AvgIpc) is 3.70. The maximum Gasteiger partial charge on any atom is 3.00 e. The molecule has 5 nitrogen and oxygen atoms in total. The molecule has 3 aromatic carbocycles. The van der Waals surface area contributed by atoms with Crippen LogP contribution < -0.4 is 0 Å². The van der Waals surface area contributed by atoms with Crippen molar-refractivity contribution >= 4 is 0 Å². The zero-order valence-corrected chi connectivity index (χ0v) is 23.4. The Labute approximate surface area is 247 Å². The molecular weight excluding hydrogens is 711 g/mol. The fourth-order valence-electron chi connectivity index (χ4n) is 3.29. The molecule has 0 bridgehead atoms. The second-order valence-corrected chi connectivity index (χ2v) is 7.81. The Hall–Kier alpha value is -4.84. The van der Waals surface area contributed by atoms with Gasteiger partial charge in [0.1, 0.15) is 0 Å². The number of halogens is 4. The first-order valence-corrected chi connectivity index (χ1v) is 11.6. The Kier molecular flexibility index (Phi) is 11.3. The van der Waals surface area contributed by atoms with E-state index in [2.05, 4.69) is 33.2 Å². The van der Waals surface area contributed by atoms with Gasteiger partial charge in [-0.1, -0.05) is 48.0 Å². The third kappa shape index (κ3) is 8.32. The van der Waals surface area contributed by atoms with Gasteiger partial charge in [0.25, 0.3) is 0 Å². The molecule has 0 spiro atoms. The van der Waals surface area contributed by atoms with Crippen molar-refractivity contribution in [2.45, 2.75) is 0 Å². The third-order valence-corrected chi connectivity index (χ3v) is 5.11. The summed E-state index contributed by atoms with van der Waals surface area (Å²) in [5.74, 6) is -0.468. The maximum atomic E-state index is 13.7. The van der Waals surface area contributed by atoms with Crippen LogP contribution >= 0.6 is 0 Å². The van der Waals surface area contributed by atoms with E-state index in [9.17, 15) is 17.6 Å². The van der Waals surface area contributed by atoms with Crippen molar-refractivity contribution in [3.63, 3.8) is 0 Å². The Bertz CT molecular complexity index is 1630. The van der Waals surface area contributed by atoms with E-state index >= 15 is 0 Å². The van der Waals surface area contributed by atoms with Crippen LogP contribution in [0.1, 0.15) is 5.56 Å². The Balaban J connectivity index is 0.000000179. The molecule has 0 amide bonds. The van der Waals surface area contributed by atoms with E-state index in [1.807, 2.05) is 30.3 Å². The van der Waals surface area contributed by atoms with Crippen LogP contribution in [0.5, 0.6) is 0 Å². The summed E-state index contributed by atoms with van der Waals surface area (Å²) >= 11 is 0. The minimum absolute atomic E-state index is 0. The predicted octanol–water partition coefficient (Wildman–Crippen LogP) is 6.59. The molecule has 0 atom stereocenters. The number of rotatable bonds is 3. The third-order valence-electron chi connectivity index (χ3n) is 5.11. The largest absolute Gasteiger partial charge is 3.00 e. The van der Waals surface area contributed by atoms with Gasteiger partial charge in [-0.15, -0.1) is 35.9 Å². The molecule has 0 aliphatic carbocycles. The Morgan fingerprint density at radius 2 is 1.32 bits per heavy atom. The molecule has 6 rings (SSSR count). The van der Waals surface area contributed by atoms with Gasteiger partial charge >= 0.3 is 20.1 Å². The van der Waals surface area contributed by atoms with Crippen LogP contribution in [0, 0.1) is 47.7 Å². The van der Waals surface area contributed by atoms with E-state index in [4.69, 9.17) is 6.42 Å². The van der Waals surface area contributed by atoms with E-state index in [0.717, 1.165) is 23.8 Å². The van der Waals surface area contributed by atoms with Crippen molar-refractivity contribution in [1.82, 2.24) is 24.5 Å². The Morgan fingerprint density at radius 3 is 1.78 bits per heavy atom. The average molecular weight is 729 g/mol. The number of pyridine rings is 1. The summed E-state index contributed by atoms with van der Waals surface area (Å²) in [6, 6.07) is 25.6. The van der Waals surface area contributed by atoms with E-state index in [1.54, 1.807) is 48.9 Å². The van der Waals surface area contributed by atoms with Crippen LogP contribution in [0.15, 0.2) is 110 Å². The van der Waals surface area contributed by atoms with Crippen molar-refractivity contribution in [2.75, 3.05) is 0 Å². The molecule has 6 aromatic rings. The maximum absolute atomic E-state index is 13.7. The molecule has 41 heavy (non-hydrogen) atoms. The molecule has 0 saturated heterocycles. The topological polar surface area (TPSA) is 48.5 Å². The zero-order chi connectivity index (χ0) is 28.3. The summed E-state index contributed by atoms with van der Waals surface area (Å²) in [5.41, 5.74) is 1.56.